The zero-order chi connectivity index (χ0) is 95.9. The third kappa shape index (κ3) is 16.3. The number of esters is 3. The summed E-state index contributed by atoms with van der Waals surface area (Å²) in [5.41, 5.74) is 10.3. The Kier molecular flexibility index (Phi) is 26.2. The van der Waals surface area contributed by atoms with Gasteiger partial charge in [0.15, 0.2) is 0 Å². The van der Waals surface area contributed by atoms with Crippen LogP contribution in [-0.2, 0) is 33.4 Å². The Morgan fingerprint density at radius 1 is 0.390 bits per heavy atom. The van der Waals surface area contributed by atoms with E-state index in [1.165, 1.54) is 46.6 Å². The van der Waals surface area contributed by atoms with Crippen molar-refractivity contribution in [1.29, 1.82) is 0 Å². The van der Waals surface area contributed by atoms with Crippen molar-refractivity contribution in [2.75, 3.05) is 26.7 Å². The highest BCUT2D eigenvalue weighted by Gasteiger charge is 2.72. The minimum Gasteiger partial charge on any atom is -0.458 e. The molecule has 4 aromatic rings. The number of primary amides is 1. The van der Waals surface area contributed by atoms with Crippen LogP contribution < -0.4 is 44.2 Å². The van der Waals surface area contributed by atoms with E-state index in [0.717, 1.165) is 273 Å². The van der Waals surface area contributed by atoms with E-state index < -0.39 is 40.3 Å². The zero-order valence-electron chi connectivity index (χ0n) is 81.9. The summed E-state index contributed by atoms with van der Waals surface area (Å²) in [5.74, 6) is 2.56. The van der Waals surface area contributed by atoms with Crippen molar-refractivity contribution >= 4 is 23.8 Å². The van der Waals surface area contributed by atoms with Gasteiger partial charge in [0.2, 0.25) is 5.91 Å². The molecule has 12 saturated carbocycles. The van der Waals surface area contributed by atoms with Gasteiger partial charge in [0, 0.05) is 45.9 Å². The maximum atomic E-state index is 12.8. The number of piperidine rings is 1. The Labute approximate surface area is 800 Å². The summed E-state index contributed by atoms with van der Waals surface area (Å²) in [4.78, 5) is 95.2. The normalized spacial score (nSPS) is 43.3. The molecular weight excluding hydrogens is 1720 g/mol. The number of nitrogens with one attached hydrogen (secondary N) is 3. The quantitative estimate of drug-likeness (QED) is 0.0341. The Hall–Kier alpha value is -7.68. The van der Waals surface area contributed by atoms with Gasteiger partial charge in [-0.2, -0.15) is 0 Å². The lowest BCUT2D eigenvalue weighted by Gasteiger charge is -2.61. The summed E-state index contributed by atoms with van der Waals surface area (Å²) < 4.78 is 38.5. The van der Waals surface area contributed by atoms with Gasteiger partial charge in [-0.25, -0.2) is 19.2 Å². The standard InChI is InChI=1S/C30H41NO5.C29H40N2O6.C29H39NO5.C24H32O4/c1-28-12-7-22(36-27(33)19-10-15-31-16-11-19)17-21(28)4-5-25-24(28)8-13-29(2)23(9-14-30(25,29)34)20-3-6-26(32)35-18-20;1-27-11-8-19(37-26(34)23(31-3)15-24(30)32)14-18(27)5-6-22-21(27)9-12-28(2)20(10-13-29(22,28)35)17-4-7-25(33)36-16-17;1-27-12-9-20(35-26(32)24-4-3-15-30-24)16-19(27)6-7-23-22(27)10-13-28(2)21(11-14-29(23,28)33)18-5-8-25(31)34-17-18;1-22-10-7-17(25)13-16(22)4-5-20-19(22)8-11-23(2)18(9-12-24(20,23)27)15-3-6-21(26)28-14-15/h3,6,17-19,22-25,31,34H,4-5,7-16H2,1-2H3;4,7,14,16,19-23,31,35H,5-6,8-13,15H2,1-3H3,(H2,30,32);5,8,16-17,20-24,30,33H,3-4,6-7,9-15H2,1-2H3;3,6,13-14,17-20,25,27H,4-5,7-12H2,1-2H3/t22-,23+,24?,25?,28-,29+,30-;19-,20+,21?,22?,23+,27-,28+,29-;20-,21+,22?,23?,24-,27-,28+,29-;17-,18+,19?,20?,22-,23+,24-/m0000/s1. The van der Waals surface area contributed by atoms with Crippen molar-refractivity contribution in [2.24, 2.45) is 102 Å². The predicted molar refractivity (Wildman–Crippen MR) is 512 cm³/mol. The molecule has 22 rings (SSSR count). The number of carbonyl (C=O) groups is 4. The van der Waals surface area contributed by atoms with Gasteiger partial charge in [-0.05, 0) is 415 Å². The summed E-state index contributed by atoms with van der Waals surface area (Å²) in [6.45, 7) is 21.3. The molecule has 0 radical (unpaired) electrons. The molecule has 0 aromatic carbocycles. The second kappa shape index (κ2) is 36.7. The van der Waals surface area contributed by atoms with Gasteiger partial charge in [0.05, 0.1) is 65.9 Å². The average Bonchev–Trinajstić information content (AvgIpc) is 1.50. The first-order chi connectivity index (χ1) is 64.8. The molecule has 14 fully saturated rings. The molecule has 2 aliphatic heterocycles. The van der Waals surface area contributed by atoms with E-state index in [0.29, 0.717) is 29.6 Å². The van der Waals surface area contributed by atoms with Gasteiger partial charge in [-0.15, -0.1) is 0 Å². The number of rotatable bonds is 13. The van der Waals surface area contributed by atoms with Gasteiger partial charge >= 0.3 is 40.4 Å². The van der Waals surface area contributed by atoms with Crippen LogP contribution in [0.15, 0.2) is 157 Å². The maximum absolute atomic E-state index is 12.8. The van der Waals surface area contributed by atoms with E-state index in [2.05, 4.69) is 95.6 Å². The third-order valence-electron chi connectivity index (χ3n) is 42.4. The second-order valence-corrected chi connectivity index (χ2v) is 47.7. The van der Waals surface area contributed by atoms with Gasteiger partial charge in [-0.3, -0.25) is 19.2 Å². The summed E-state index contributed by atoms with van der Waals surface area (Å²) in [5, 5.41) is 68.8. The SMILES string of the molecule is CN[C@H](CC(N)=O)C(=O)O[C@@H]1C=C2CCC3C(CC[C@]4(C)[C@@H](c5ccc(=O)oc5)CC[C@]34O)[C@@]2(C)CC1.C[C@]12CC[C@H](O)C=C1CCC1C2CC[C@]2(C)[C@@H](c3ccc(=O)oc3)CC[C@]12O.C[C@]12CC[C@H](OC(=O)C3CCNCC3)C=C1CCC1C2CC[C@]2(C)[C@@H](c3ccc(=O)oc3)CC[C@]12O.C[C@]12CC[C@H](OC(=O)[C@@H]3CCCN3)C=C1CCC1C2CC[C@]2(C)[C@@H](c3ccc(=O)oc3)CC[C@]12O. The smallest absolute Gasteiger partial charge is 0.335 e. The van der Waals surface area contributed by atoms with Crippen LogP contribution in [0.3, 0.4) is 0 Å². The van der Waals surface area contributed by atoms with E-state index in [9.17, 15) is 63.9 Å². The minimum absolute atomic E-state index is 0.0212. The molecule has 6 heterocycles. The molecule has 16 aliphatic carbocycles. The number of aliphatic hydroxyl groups is 5. The fourth-order valence-electron chi connectivity index (χ4n) is 34.5. The molecule has 1 amide bonds. The fourth-order valence-corrected chi connectivity index (χ4v) is 34.5. The number of allylic oxidation sites excluding steroid dienone is 4. The molecule has 24 heteroatoms. The number of amides is 1. The van der Waals surface area contributed by atoms with Crippen molar-refractivity contribution in [3.63, 3.8) is 0 Å². The number of carbonyl (C=O) groups excluding carboxylic acids is 4. The average molecular weight is 1870 g/mol. The molecule has 10 N–H and O–H groups in total. The van der Waals surface area contributed by atoms with Crippen LogP contribution in [0.5, 0.6) is 0 Å². The lowest BCUT2D eigenvalue weighted by Crippen LogP contribution is -2.60. The Morgan fingerprint density at radius 3 is 1.02 bits per heavy atom. The summed E-state index contributed by atoms with van der Waals surface area (Å²) >= 11 is 0. The summed E-state index contributed by atoms with van der Waals surface area (Å²) in [6, 6.07) is 12.7. The molecule has 136 heavy (non-hydrogen) atoms. The van der Waals surface area contributed by atoms with Gasteiger partial charge in [0.1, 0.15) is 30.4 Å². The predicted octanol–water partition coefficient (Wildman–Crippen LogP) is 16.5. The van der Waals surface area contributed by atoms with Crippen LogP contribution in [0.25, 0.3) is 0 Å². The van der Waals surface area contributed by atoms with Crippen molar-refractivity contribution in [3.8, 4) is 0 Å². The van der Waals surface area contributed by atoms with E-state index in [1.54, 1.807) is 32.1 Å². The molecule has 0 bridgehead atoms. The molecule has 2 saturated heterocycles. The Morgan fingerprint density at radius 2 is 0.713 bits per heavy atom. The van der Waals surface area contributed by atoms with E-state index >= 15 is 0 Å². The van der Waals surface area contributed by atoms with Crippen LogP contribution in [0.4, 0.5) is 0 Å². The number of likely N-dealkylation sites (N-methyl/N-ethyl adjacent to an activating group) is 1. The highest BCUT2D eigenvalue weighted by Crippen LogP contribution is 2.76. The van der Waals surface area contributed by atoms with Crippen molar-refractivity contribution < 1.29 is 76.6 Å². The van der Waals surface area contributed by atoms with Crippen LogP contribution in [0.1, 0.15) is 339 Å². The lowest BCUT2D eigenvalue weighted by molar-refractivity contribution is -0.179. The number of fused-ring (bicyclic) bond motifs is 20. The first-order valence-electron chi connectivity index (χ1n) is 52.6. The second-order valence-electron chi connectivity index (χ2n) is 47.7. The molecule has 24 nitrogen and oxygen atoms in total. The van der Waals surface area contributed by atoms with Crippen LogP contribution in [-0.4, -0.2) is 135 Å². The van der Waals surface area contributed by atoms with Crippen molar-refractivity contribution in [2.45, 2.75) is 376 Å². The molecule has 8 unspecified atom stereocenters. The topological polar surface area (TPSA) is 380 Å². The number of ether oxygens (including phenoxy) is 3. The highest BCUT2D eigenvalue weighted by molar-refractivity contribution is 5.84. The van der Waals surface area contributed by atoms with Gasteiger partial charge in [0.25, 0.3) is 0 Å². The maximum Gasteiger partial charge on any atom is 0.335 e. The summed E-state index contributed by atoms with van der Waals surface area (Å²) in [7, 11) is 1.62. The molecule has 30 atom stereocenters. The molecule has 4 aromatic heterocycles. The number of aliphatic hydroxyl groups excluding tert-OH is 1. The third-order valence-corrected chi connectivity index (χ3v) is 42.4. The number of hydrogen-bond acceptors (Lipinski definition) is 23. The van der Waals surface area contributed by atoms with Crippen molar-refractivity contribution in [3.05, 3.63) is 184 Å². The van der Waals surface area contributed by atoms with E-state index in [-0.39, 0.29) is 162 Å². The van der Waals surface area contributed by atoms with Crippen LogP contribution in [0.2, 0.25) is 0 Å². The molecule has 740 valence electrons. The minimum atomic E-state index is -0.761. The fraction of sp³-hybridized carbons (Fsp3) is 0.714. The van der Waals surface area contributed by atoms with Crippen LogP contribution in [0, 0.1) is 96.6 Å². The first kappa shape index (κ1) is 97.2. The van der Waals surface area contributed by atoms with Gasteiger partial charge < -0.3 is 79.1 Å². The first-order valence-corrected chi connectivity index (χ1v) is 52.6. The molecular formula is C112H152N4O20. The summed E-state index contributed by atoms with van der Waals surface area (Å²) in [6.07, 6.45) is 48.1. The number of hydrogen-bond donors (Lipinski definition) is 9. The van der Waals surface area contributed by atoms with Crippen LogP contribution >= 0.6 is 0 Å². The Bertz CT molecular complexity index is 5480. The zero-order valence-corrected chi connectivity index (χ0v) is 81.9. The highest BCUT2D eigenvalue weighted by atomic mass is 16.6. The van der Waals surface area contributed by atoms with E-state index in [1.807, 2.05) is 24.3 Å². The Balaban J connectivity index is 0.000000117. The van der Waals surface area contributed by atoms with Gasteiger partial charge in [-0.1, -0.05) is 83.8 Å². The van der Waals surface area contributed by atoms with E-state index in [4.69, 9.17) is 37.6 Å². The number of nitrogens with two attached hydrogens (primary N) is 1. The molecule has 18 aliphatic rings. The monoisotopic (exact) mass is 1870 g/mol. The lowest BCUT2D eigenvalue weighted by atomic mass is 9.45. The van der Waals surface area contributed by atoms with Crippen molar-refractivity contribution in [1.82, 2.24) is 16.0 Å². The molecule has 0 spiro atoms. The largest absolute Gasteiger partial charge is 0.458 e.